The number of carboxylic acids is 1. The van der Waals surface area contributed by atoms with Crippen LogP contribution in [0.3, 0.4) is 0 Å². The lowest BCUT2D eigenvalue weighted by molar-refractivity contribution is 0.0698. The minimum Gasteiger partial charge on any atom is -0.478 e. The van der Waals surface area contributed by atoms with Crippen LogP contribution in [-0.4, -0.2) is 33.3 Å². The Hall–Kier alpha value is -2.08. The van der Waals surface area contributed by atoms with Crippen LogP contribution in [0.2, 0.25) is 0 Å². The minimum atomic E-state index is -1.06. The van der Waals surface area contributed by atoms with Crippen LogP contribution in [0.5, 0.6) is 0 Å². The Morgan fingerprint density at radius 2 is 2.21 bits per heavy atom. The smallest absolute Gasteiger partial charge is 0.337 e. The van der Waals surface area contributed by atoms with Gasteiger partial charge in [-0.3, -0.25) is 4.57 Å². The molecule has 1 aromatic heterocycles. The van der Waals surface area contributed by atoms with Crippen molar-refractivity contribution >= 4 is 17.0 Å². The first-order valence-corrected chi connectivity index (χ1v) is 6.07. The number of ether oxygens (including phenoxy) is 1. The second kappa shape index (κ2) is 5.27. The summed E-state index contributed by atoms with van der Waals surface area (Å²) in [6.45, 7) is 4.63. The van der Waals surface area contributed by atoms with E-state index in [0.29, 0.717) is 24.2 Å². The Kier molecular flexibility index (Phi) is 3.71. The average Bonchev–Trinajstić information content (AvgIpc) is 2.65. The highest BCUT2D eigenvalue weighted by molar-refractivity contribution is 6.00. The van der Waals surface area contributed by atoms with Crippen molar-refractivity contribution in [3.05, 3.63) is 34.2 Å². The van der Waals surface area contributed by atoms with E-state index in [9.17, 15) is 9.59 Å². The highest BCUT2D eigenvalue weighted by Gasteiger charge is 2.13. The van der Waals surface area contributed by atoms with E-state index in [1.54, 1.807) is 12.1 Å². The molecule has 0 unspecified atom stereocenters. The third-order valence-corrected chi connectivity index (χ3v) is 2.81. The van der Waals surface area contributed by atoms with E-state index in [4.69, 9.17) is 9.84 Å². The molecule has 0 aliphatic rings. The summed E-state index contributed by atoms with van der Waals surface area (Å²) < 4.78 is 6.90. The van der Waals surface area contributed by atoms with Crippen LogP contribution in [-0.2, 0) is 11.3 Å². The van der Waals surface area contributed by atoms with Crippen LogP contribution >= 0.6 is 0 Å². The minimum absolute atomic E-state index is 0.0930. The van der Waals surface area contributed by atoms with Gasteiger partial charge in [0.2, 0.25) is 0 Å². The SMILES string of the molecule is CC(C)OCCn1c(=O)[nH]c2c(C(=O)O)cccc21. The van der Waals surface area contributed by atoms with E-state index in [2.05, 4.69) is 4.98 Å². The van der Waals surface area contributed by atoms with Crippen molar-refractivity contribution < 1.29 is 14.6 Å². The summed E-state index contributed by atoms with van der Waals surface area (Å²) in [5.41, 5.74) is 0.705. The van der Waals surface area contributed by atoms with Crippen LogP contribution in [0.4, 0.5) is 0 Å². The number of nitrogens with one attached hydrogen (secondary N) is 1. The summed E-state index contributed by atoms with van der Waals surface area (Å²) in [5.74, 6) is -1.06. The van der Waals surface area contributed by atoms with Crippen molar-refractivity contribution in [1.82, 2.24) is 9.55 Å². The first-order valence-electron chi connectivity index (χ1n) is 6.07. The molecule has 102 valence electrons. The van der Waals surface area contributed by atoms with Crippen molar-refractivity contribution in [2.24, 2.45) is 0 Å². The Bertz CT molecular complexity index is 654. The number of hydrogen-bond donors (Lipinski definition) is 2. The van der Waals surface area contributed by atoms with Crippen molar-refractivity contribution in [3.63, 3.8) is 0 Å². The zero-order chi connectivity index (χ0) is 14.0. The Morgan fingerprint density at radius 3 is 2.84 bits per heavy atom. The maximum absolute atomic E-state index is 11.8. The van der Waals surface area contributed by atoms with Crippen molar-refractivity contribution in [3.8, 4) is 0 Å². The van der Waals surface area contributed by atoms with Gasteiger partial charge in [0.1, 0.15) is 0 Å². The van der Waals surface area contributed by atoms with Gasteiger partial charge >= 0.3 is 11.7 Å². The molecule has 6 heteroatoms. The van der Waals surface area contributed by atoms with Crippen molar-refractivity contribution in [2.45, 2.75) is 26.5 Å². The molecule has 0 radical (unpaired) electrons. The van der Waals surface area contributed by atoms with Crippen LogP contribution in [0.1, 0.15) is 24.2 Å². The molecule has 1 heterocycles. The normalized spacial score (nSPS) is 11.3. The second-order valence-electron chi connectivity index (χ2n) is 4.51. The number of nitrogens with zero attached hydrogens (tertiary/aromatic N) is 1. The Labute approximate surface area is 109 Å². The van der Waals surface area contributed by atoms with Crippen molar-refractivity contribution in [2.75, 3.05) is 6.61 Å². The lowest BCUT2D eigenvalue weighted by Gasteiger charge is -2.08. The van der Waals surface area contributed by atoms with E-state index < -0.39 is 5.97 Å². The van der Waals surface area contributed by atoms with E-state index in [0.717, 1.165) is 0 Å². The highest BCUT2D eigenvalue weighted by atomic mass is 16.5. The number of H-pyrrole nitrogens is 1. The van der Waals surface area contributed by atoms with E-state index in [-0.39, 0.29) is 17.4 Å². The lowest BCUT2D eigenvalue weighted by atomic mass is 10.2. The maximum Gasteiger partial charge on any atom is 0.337 e. The van der Waals surface area contributed by atoms with Crippen LogP contribution in [0.15, 0.2) is 23.0 Å². The number of aromatic amines is 1. The third-order valence-electron chi connectivity index (χ3n) is 2.81. The zero-order valence-electron chi connectivity index (χ0n) is 10.8. The molecule has 0 saturated carbocycles. The molecule has 0 amide bonds. The summed E-state index contributed by atoms with van der Waals surface area (Å²) in [7, 11) is 0. The van der Waals surface area contributed by atoms with E-state index in [1.165, 1.54) is 10.6 Å². The molecule has 2 N–H and O–H groups in total. The maximum atomic E-state index is 11.8. The predicted octanol–water partition coefficient (Wildman–Crippen LogP) is 1.45. The fraction of sp³-hybridized carbons (Fsp3) is 0.385. The first kappa shape index (κ1) is 13.4. The summed E-state index contributed by atoms with van der Waals surface area (Å²) in [6, 6.07) is 4.81. The van der Waals surface area contributed by atoms with Gasteiger partial charge < -0.3 is 14.8 Å². The highest BCUT2D eigenvalue weighted by Crippen LogP contribution is 2.15. The van der Waals surface area contributed by atoms with E-state index >= 15 is 0 Å². The monoisotopic (exact) mass is 264 g/mol. The van der Waals surface area contributed by atoms with Gasteiger partial charge in [-0.15, -0.1) is 0 Å². The van der Waals surface area contributed by atoms with Gasteiger partial charge in [-0.05, 0) is 26.0 Å². The number of aromatic nitrogens is 2. The molecule has 19 heavy (non-hydrogen) atoms. The molecule has 2 rings (SSSR count). The zero-order valence-corrected chi connectivity index (χ0v) is 10.8. The standard InChI is InChI=1S/C13H16N2O4/c1-8(2)19-7-6-15-10-5-3-4-9(12(16)17)11(10)14-13(15)18/h3-5,8H,6-7H2,1-2H3,(H,14,18)(H,16,17). The summed E-state index contributed by atoms with van der Waals surface area (Å²) in [4.78, 5) is 25.5. The molecule has 0 fully saturated rings. The van der Waals surface area contributed by atoms with Gasteiger partial charge in [0.15, 0.2) is 0 Å². The topological polar surface area (TPSA) is 84.3 Å². The number of hydrogen-bond acceptors (Lipinski definition) is 3. The number of aromatic carboxylic acids is 1. The molecular weight excluding hydrogens is 248 g/mol. The van der Waals surface area contributed by atoms with Gasteiger partial charge in [-0.25, -0.2) is 9.59 Å². The third kappa shape index (κ3) is 2.68. The number of para-hydroxylation sites is 1. The quantitative estimate of drug-likeness (QED) is 0.856. The van der Waals surface area contributed by atoms with Gasteiger partial charge in [-0.2, -0.15) is 0 Å². The second-order valence-corrected chi connectivity index (χ2v) is 4.51. The summed E-state index contributed by atoms with van der Waals surface area (Å²) in [5, 5.41) is 9.08. The summed E-state index contributed by atoms with van der Waals surface area (Å²) >= 11 is 0. The van der Waals surface area contributed by atoms with E-state index in [1.807, 2.05) is 13.8 Å². The number of benzene rings is 1. The molecule has 0 saturated heterocycles. The molecular formula is C13H16N2O4. The largest absolute Gasteiger partial charge is 0.478 e. The van der Waals surface area contributed by atoms with Crippen molar-refractivity contribution in [1.29, 1.82) is 0 Å². The average molecular weight is 264 g/mol. The number of carboxylic acid groups (broad SMARTS) is 1. The molecule has 0 bridgehead atoms. The molecule has 2 aromatic rings. The fourth-order valence-corrected chi connectivity index (χ4v) is 1.96. The lowest BCUT2D eigenvalue weighted by Crippen LogP contribution is -2.20. The van der Waals surface area contributed by atoms with Crippen LogP contribution < -0.4 is 5.69 Å². The molecule has 0 spiro atoms. The molecule has 0 aliphatic carbocycles. The molecule has 1 aromatic carbocycles. The van der Waals surface area contributed by atoms with Gasteiger partial charge in [0.25, 0.3) is 0 Å². The number of fused-ring (bicyclic) bond motifs is 1. The Morgan fingerprint density at radius 1 is 1.47 bits per heavy atom. The predicted molar refractivity (Wildman–Crippen MR) is 70.6 cm³/mol. The van der Waals surface area contributed by atoms with Gasteiger partial charge in [0, 0.05) is 0 Å². The number of carbonyl (C=O) groups is 1. The first-order chi connectivity index (χ1) is 9.00. The number of imidazole rings is 1. The van der Waals surface area contributed by atoms with Gasteiger partial charge in [-0.1, -0.05) is 6.07 Å². The van der Waals surface area contributed by atoms with Gasteiger partial charge in [0.05, 0.1) is 35.9 Å². The molecule has 0 atom stereocenters. The van der Waals surface area contributed by atoms with Crippen LogP contribution in [0.25, 0.3) is 11.0 Å². The fourth-order valence-electron chi connectivity index (χ4n) is 1.96. The summed E-state index contributed by atoms with van der Waals surface area (Å²) in [6.07, 6.45) is 0.0930. The molecule has 6 nitrogen and oxygen atoms in total. The van der Waals surface area contributed by atoms with Crippen LogP contribution in [0, 0.1) is 0 Å². The number of rotatable bonds is 5. The molecule has 0 aliphatic heterocycles. The Balaban J connectivity index is 2.40.